The summed E-state index contributed by atoms with van der Waals surface area (Å²) in [6, 6.07) is 1.76. The Balaban J connectivity index is 3.10. The lowest BCUT2D eigenvalue weighted by Crippen LogP contribution is -2.24. The van der Waals surface area contributed by atoms with E-state index >= 15 is 0 Å². The molecule has 0 saturated heterocycles. The first-order valence-corrected chi connectivity index (χ1v) is 5.57. The lowest BCUT2D eigenvalue weighted by Gasteiger charge is -2.29. The van der Waals surface area contributed by atoms with Crippen molar-refractivity contribution in [3.63, 3.8) is 0 Å². The van der Waals surface area contributed by atoms with Crippen LogP contribution in [0.4, 0.5) is 5.82 Å². The largest absolute Gasteiger partial charge is 0.384 e. The van der Waals surface area contributed by atoms with E-state index in [2.05, 4.69) is 30.7 Å². The molecular formula is C12H21N3O. The van der Waals surface area contributed by atoms with Crippen molar-refractivity contribution in [2.24, 2.45) is 5.41 Å². The summed E-state index contributed by atoms with van der Waals surface area (Å²) in [6.45, 7) is 10.8. The fourth-order valence-electron chi connectivity index (χ4n) is 1.61. The second-order valence-electron chi connectivity index (χ2n) is 4.99. The van der Waals surface area contributed by atoms with Crippen LogP contribution < -0.4 is 5.73 Å². The number of aryl methyl sites for hydroxylation is 1. The molecule has 1 unspecified atom stereocenters. The summed E-state index contributed by atoms with van der Waals surface area (Å²) in [7, 11) is 0. The maximum atomic E-state index is 5.73. The Labute approximate surface area is 97.2 Å². The SMILES string of the molecule is CCOC(c1nc(C)cc(N)n1)C(C)(C)C. The number of nitrogen functional groups attached to an aromatic ring is 1. The summed E-state index contributed by atoms with van der Waals surface area (Å²) < 4.78 is 5.72. The Hall–Kier alpha value is -1.16. The minimum absolute atomic E-state index is 0.0454. The quantitative estimate of drug-likeness (QED) is 0.855. The fraction of sp³-hybridized carbons (Fsp3) is 0.667. The van der Waals surface area contributed by atoms with Crippen molar-refractivity contribution in [2.75, 3.05) is 12.3 Å². The maximum Gasteiger partial charge on any atom is 0.160 e. The van der Waals surface area contributed by atoms with Gasteiger partial charge in [0.2, 0.25) is 0 Å². The minimum atomic E-state index is -0.125. The molecule has 0 saturated carbocycles. The van der Waals surface area contributed by atoms with Crippen LogP contribution in [0.5, 0.6) is 0 Å². The molecule has 4 nitrogen and oxygen atoms in total. The first kappa shape index (κ1) is 12.9. The van der Waals surface area contributed by atoms with Crippen LogP contribution in [-0.4, -0.2) is 16.6 Å². The van der Waals surface area contributed by atoms with Crippen molar-refractivity contribution in [3.8, 4) is 0 Å². The molecule has 0 aliphatic rings. The van der Waals surface area contributed by atoms with Gasteiger partial charge >= 0.3 is 0 Å². The van der Waals surface area contributed by atoms with Crippen LogP contribution in [0.1, 0.15) is 45.3 Å². The normalized spacial score (nSPS) is 13.8. The third-order valence-corrected chi connectivity index (χ3v) is 2.25. The van der Waals surface area contributed by atoms with Crippen LogP contribution in [0, 0.1) is 12.3 Å². The summed E-state index contributed by atoms with van der Waals surface area (Å²) in [5.41, 5.74) is 6.56. The fourth-order valence-corrected chi connectivity index (χ4v) is 1.61. The molecule has 0 aromatic carbocycles. The highest BCUT2D eigenvalue weighted by atomic mass is 16.5. The molecule has 1 heterocycles. The van der Waals surface area contributed by atoms with Crippen molar-refractivity contribution >= 4 is 5.82 Å². The van der Waals surface area contributed by atoms with Gasteiger partial charge in [0.25, 0.3) is 0 Å². The van der Waals surface area contributed by atoms with Crippen LogP contribution in [0.2, 0.25) is 0 Å². The summed E-state index contributed by atoms with van der Waals surface area (Å²) in [4.78, 5) is 8.66. The van der Waals surface area contributed by atoms with Crippen LogP contribution in [0.3, 0.4) is 0 Å². The van der Waals surface area contributed by atoms with Gasteiger partial charge in [-0.1, -0.05) is 20.8 Å². The van der Waals surface area contributed by atoms with Crippen molar-refractivity contribution in [1.82, 2.24) is 9.97 Å². The third-order valence-electron chi connectivity index (χ3n) is 2.25. The van der Waals surface area contributed by atoms with Gasteiger partial charge in [0.05, 0.1) is 0 Å². The molecule has 2 N–H and O–H groups in total. The highest BCUT2D eigenvalue weighted by Gasteiger charge is 2.29. The van der Waals surface area contributed by atoms with Gasteiger partial charge in [0.15, 0.2) is 5.82 Å². The van der Waals surface area contributed by atoms with E-state index < -0.39 is 0 Å². The average Bonchev–Trinajstić information content (AvgIpc) is 2.10. The van der Waals surface area contributed by atoms with Gasteiger partial charge in [-0.05, 0) is 19.3 Å². The molecule has 0 aliphatic carbocycles. The molecule has 1 aromatic rings. The summed E-state index contributed by atoms with van der Waals surface area (Å²) >= 11 is 0. The molecule has 0 bridgehead atoms. The van der Waals surface area contributed by atoms with Gasteiger partial charge in [0, 0.05) is 18.4 Å². The number of nitrogens with zero attached hydrogens (tertiary/aromatic N) is 2. The van der Waals surface area contributed by atoms with Gasteiger partial charge in [-0.2, -0.15) is 0 Å². The Morgan fingerprint density at radius 2 is 2.00 bits per heavy atom. The number of rotatable bonds is 3. The maximum absolute atomic E-state index is 5.73. The zero-order chi connectivity index (χ0) is 12.3. The first-order chi connectivity index (χ1) is 7.34. The molecule has 1 rings (SSSR count). The van der Waals surface area contributed by atoms with E-state index in [4.69, 9.17) is 10.5 Å². The predicted octanol–water partition coefficient (Wildman–Crippen LogP) is 2.49. The van der Waals surface area contributed by atoms with Gasteiger partial charge in [-0.3, -0.25) is 0 Å². The Kier molecular flexibility index (Phi) is 3.86. The Bertz CT molecular complexity index is 338. The van der Waals surface area contributed by atoms with E-state index in [1.165, 1.54) is 0 Å². The van der Waals surface area contributed by atoms with E-state index in [1.807, 2.05) is 13.8 Å². The Morgan fingerprint density at radius 3 is 2.44 bits per heavy atom. The van der Waals surface area contributed by atoms with Gasteiger partial charge in [-0.15, -0.1) is 0 Å². The van der Waals surface area contributed by atoms with Gasteiger partial charge in [0.1, 0.15) is 11.9 Å². The summed E-state index contributed by atoms with van der Waals surface area (Å²) in [6.07, 6.45) is -0.125. The van der Waals surface area contributed by atoms with Crippen molar-refractivity contribution in [1.29, 1.82) is 0 Å². The number of hydrogen-bond donors (Lipinski definition) is 1. The average molecular weight is 223 g/mol. The molecule has 1 aromatic heterocycles. The second-order valence-corrected chi connectivity index (χ2v) is 4.99. The molecule has 16 heavy (non-hydrogen) atoms. The van der Waals surface area contributed by atoms with Gasteiger partial charge in [-0.25, -0.2) is 9.97 Å². The van der Waals surface area contributed by atoms with E-state index in [1.54, 1.807) is 6.07 Å². The van der Waals surface area contributed by atoms with E-state index in [0.717, 1.165) is 5.69 Å². The van der Waals surface area contributed by atoms with Crippen molar-refractivity contribution in [2.45, 2.75) is 40.7 Å². The van der Waals surface area contributed by atoms with Crippen LogP contribution in [0.15, 0.2) is 6.07 Å². The minimum Gasteiger partial charge on any atom is -0.384 e. The molecule has 0 radical (unpaired) electrons. The highest BCUT2D eigenvalue weighted by Crippen LogP contribution is 2.34. The number of aromatic nitrogens is 2. The molecule has 0 amide bonds. The van der Waals surface area contributed by atoms with Crippen LogP contribution in [-0.2, 0) is 4.74 Å². The molecule has 4 heteroatoms. The third kappa shape index (κ3) is 3.17. The zero-order valence-corrected chi connectivity index (χ0v) is 10.7. The zero-order valence-electron chi connectivity index (χ0n) is 10.7. The number of ether oxygens (including phenoxy) is 1. The van der Waals surface area contributed by atoms with E-state index in [9.17, 15) is 0 Å². The van der Waals surface area contributed by atoms with Crippen LogP contribution >= 0.6 is 0 Å². The van der Waals surface area contributed by atoms with Gasteiger partial charge < -0.3 is 10.5 Å². The lowest BCUT2D eigenvalue weighted by molar-refractivity contribution is -0.0191. The van der Waals surface area contributed by atoms with E-state index in [-0.39, 0.29) is 11.5 Å². The molecule has 0 spiro atoms. The van der Waals surface area contributed by atoms with Crippen LogP contribution in [0.25, 0.3) is 0 Å². The topological polar surface area (TPSA) is 61.0 Å². The number of nitrogens with two attached hydrogens (primary N) is 1. The lowest BCUT2D eigenvalue weighted by atomic mass is 9.88. The smallest absolute Gasteiger partial charge is 0.160 e. The highest BCUT2D eigenvalue weighted by molar-refractivity contribution is 5.29. The predicted molar refractivity (Wildman–Crippen MR) is 65.0 cm³/mol. The van der Waals surface area contributed by atoms with Crippen molar-refractivity contribution < 1.29 is 4.74 Å². The monoisotopic (exact) mass is 223 g/mol. The molecular weight excluding hydrogens is 202 g/mol. The van der Waals surface area contributed by atoms with E-state index in [0.29, 0.717) is 18.2 Å². The molecule has 1 atom stereocenters. The number of anilines is 1. The number of hydrogen-bond acceptors (Lipinski definition) is 4. The first-order valence-electron chi connectivity index (χ1n) is 5.57. The summed E-state index contributed by atoms with van der Waals surface area (Å²) in [5.74, 6) is 1.17. The molecule has 0 fully saturated rings. The second kappa shape index (κ2) is 4.78. The standard InChI is InChI=1S/C12H21N3O/c1-6-16-10(12(3,4)5)11-14-8(2)7-9(13)15-11/h7,10H,6H2,1-5H3,(H2,13,14,15). The Morgan fingerprint density at radius 1 is 1.38 bits per heavy atom. The molecule has 0 aliphatic heterocycles. The molecule has 90 valence electrons. The summed E-state index contributed by atoms with van der Waals surface area (Å²) in [5, 5.41) is 0. The van der Waals surface area contributed by atoms with Crippen molar-refractivity contribution in [3.05, 3.63) is 17.6 Å².